The Hall–Kier alpha value is -12.3. The van der Waals surface area contributed by atoms with Gasteiger partial charge in [-0.1, -0.05) is 0 Å². The van der Waals surface area contributed by atoms with Gasteiger partial charge < -0.3 is 55.9 Å². The van der Waals surface area contributed by atoms with Crippen molar-refractivity contribution < 1.29 is 75.1 Å². The number of methoxy groups -OCH3 is 3. The number of anilines is 2. The van der Waals surface area contributed by atoms with Crippen LogP contribution in [0.3, 0.4) is 0 Å². The highest BCUT2D eigenvalue weighted by Crippen LogP contribution is 2.41. The van der Waals surface area contributed by atoms with E-state index in [1.165, 1.54) is 23.1 Å². The van der Waals surface area contributed by atoms with Crippen LogP contribution in [0.4, 0.5) is 21.0 Å². The van der Waals surface area contributed by atoms with Crippen LogP contribution in [0.25, 0.3) is 89.0 Å². The average Bonchev–Trinajstić information content (AvgIpc) is 1.60. The van der Waals surface area contributed by atoms with Gasteiger partial charge in [0.1, 0.15) is 22.6 Å². The second-order valence-electron chi connectivity index (χ2n) is 26.9. The van der Waals surface area contributed by atoms with Crippen molar-refractivity contribution in [2.75, 3.05) is 83.9 Å². The fourth-order valence-electron chi connectivity index (χ4n) is 13.6. The van der Waals surface area contributed by atoms with Gasteiger partial charge in [0.05, 0.1) is 94.2 Å². The molecule has 0 saturated carbocycles. The quantitative estimate of drug-likeness (QED) is 0.0308. The Bertz CT molecular complexity index is 5580. The maximum atomic E-state index is 13.7. The summed E-state index contributed by atoms with van der Waals surface area (Å²) in [6, 6.07) is 16.1. The normalized spacial score (nSPS) is 15.0. The van der Waals surface area contributed by atoms with Crippen LogP contribution in [0.15, 0.2) is 151 Å². The van der Waals surface area contributed by atoms with E-state index in [0.29, 0.717) is 101 Å². The van der Waals surface area contributed by atoms with Crippen LogP contribution in [0.5, 0.6) is 17.6 Å². The van der Waals surface area contributed by atoms with Crippen LogP contribution in [-0.2, 0) is 56.1 Å². The largest absolute Gasteiger partial charge is 0.481 e. The number of hydrogen-bond acceptors (Lipinski definition) is 27. The van der Waals surface area contributed by atoms with Gasteiger partial charge in [0.2, 0.25) is 52.1 Å². The lowest BCUT2D eigenvalue weighted by Crippen LogP contribution is -2.35. The van der Waals surface area contributed by atoms with Gasteiger partial charge in [0.15, 0.2) is 5.58 Å². The highest BCUT2D eigenvalue weighted by atomic mass is 79.9. The van der Waals surface area contributed by atoms with Crippen molar-refractivity contribution in [2.45, 2.75) is 103 Å². The smallest absolute Gasteiger partial charge is 0.414 e. The first kappa shape index (κ1) is 80.8. The number of rotatable bonds is 24. The molecule has 0 bridgehead atoms. The highest BCUT2D eigenvalue weighted by molar-refractivity contribution is 9.10. The molecule has 13 aromatic rings. The molecule has 16 rings (SSSR count). The van der Waals surface area contributed by atoms with Crippen molar-refractivity contribution in [1.82, 2.24) is 68.8 Å². The summed E-state index contributed by atoms with van der Waals surface area (Å²) in [5.74, 6) is 0.271. The molecule has 16 heterocycles. The molecule has 0 radical (unpaired) electrons. The van der Waals surface area contributed by atoms with Crippen LogP contribution >= 0.6 is 15.9 Å². The van der Waals surface area contributed by atoms with E-state index < -0.39 is 23.9 Å². The first-order valence-corrected chi connectivity index (χ1v) is 38.5. The third-order valence-electron chi connectivity index (χ3n) is 19.2. The van der Waals surface area contributed by atoms with Crippen LogP contribution < -0.4 is 29.7 Å². The van der Waals surface area contributed by atoms with Gasteiger partial charge in [-0.05, 0) is 131 Å². The fourth-order valence-corrected chi connectivity index (χ4v) is 13.8. The molecule has 0 aromatic carbocycles. The fraction of sp³-hybridized carbons (Fsp3) is 0.370. The van der Waals surface area contributed by atoms with Crippen LogP contribution in [0.1, 0.15) is 105 Å². The lowest BCUT2D eigenvalue weighted by Gasteiger charge is -2.23. The number of esters is 1. The maximum absolute atomic E-state index is 13.7. The zero-order chi connectivity index (χ0) is 80.7. The summed E-state index contributed by atoms with van der Waals surface area (Å²) in [4.78, 5) is 99.2. The molecule has 3 unspecified atom stereocenters. The number of carbonyl (C=O) groups is 4. The van der Waals surface area contributed by atoms with Crippen molar-refractivity contribution in [1.29, 1.82) is 0 Å². The van der Waals surface area contributed by atoms with Crippen LogP contribution in [0.2, 0.25) is 0 Å². The molecule has 34 heteroatoms. The predicted octanol–water partition coefficient (Wildman–Crippen LogP) is 13.8. The Balaban J connectivity index is 0.000000142. The standard InChI is InChI=1S/C27H29N5O6.C25H24N6O4.C23H28N4O6.C6H6BrNO/c1-4-36-27(34)32(10-9-20-6-5-11-37-20)23-21-12-18(19-15-30-31(2)16-19)14-29-26(21)38-25(23)24(33)17-7-8-22(35-3)28-13-17;1-30-14-17(13-28-30)16-10-19-22-23(35-24(19)27-12-16)21(15-5-6-20(33-2)26-11-15)29-25(32)31(22)8-7-18-4-3-9-34-18;1-4-30-22(28)20-19(27(23(29)31-5-2)9-8-17-7-6-10-32-17)18-11-15(12-24-21(18)33-20)16-13-25-26(3)14-16;1-9-6-3-2-5(7)4-8-6/h7-8,12-16,20H,4-6,9-11H2,1-3H3;5-6,10-14,18H,3-4,7-9H2,1-2H3;11-14,17H,4-10H2,1-3H3;2-4H,1H3. The molecule has 3 fully saturated rings. The minimum absolute atomic E-state index is 0.0248. The molecule has 13 aromatic heterocycles. The Morgan fingerprint density at radius 2 is 0.939 bits per heavy atom. The zero-order valence-electron chi connectivity index (χ0n) is 65.1. The van der Waals surface area contributed by atoms with E-state index in [2.05, 4.69) is 66.1 Å². The molecule has 33 nitrogen and oxygen atoms in total. The number of ether oxygens (including phenoxy) is 9. The average molecular weight is 1640 g/mol. The molecule has 0 aliphatic carbocycles. The summed E-state index contributed by atoms with van der Waals surface area (Å²) in [7, 11) is 10.2. The van der Waals surface area contributed by atoms with Crippen LogP contribution in [-0.4, -0.2) is 185 Å². The molecule has 3 aliphatic rings. The van der Waals surface area contributed by atoms with Crippen molar-refractivity contribution in [3.8, 4) is 62.3 Å². The molecule has 115 heavy (non-hydrogen) atoms. The summed E-state index contributed by atoms with van der Waals surface area (Å²) >= 11 is 3.26. The van der Waals surface area contributed by atoms with Crippen molar-refractivity contribution in [2.24, 2.45) is 21.1 Å². The summed E-state index contributed by atoms with van der Waals surface area (Å²) in [5, 5.41) is 14.5. The van der Waals surface area contributed by atoms with Gasteiger partial charge in [-0.25, -0.2) is 49.1 Å². The van der Waals surface area contributed by atoms with E-state index in [-0.39, 0.29) is 84.6 Å². The number of amides is 2. The van der Waals surface area contributed by atoms with Gasteiger partial charge in [-0.3, -0.25) is 33.2 Å². The topological polar surface area (TPSA) is 363 Å². The molecule has 2 amide bonds. The van der Waals surface area contributed by atoms with Crippen LogP contribution in [0, 0.1) is 0 Å². The Labute approximate surface area is 667 Å². The van der Waals surface area contributed by atoms with Crippen molar-refractivity contribution in [3.05, 3.63) is 161 Å². The Morgan fingerprint density at radius 3 is 1.37 bits per heavy atom. The van der Waals surface area contributed by atoms with E-state index >= 15 is 0 Å². The number of fused-ring (bicyclic) bond motifs is 5. The molecule has 0 spiro atoms. The SMILES string of the molecule is CCOC(=O)N(CCC1CCCO1)c1c(C(=O)c2ccc(OC)nc2)oc2ncc(-c3cnn(C)c3)cc12.CCOC(=O)c1oc2ncc(-c3cnn(C)c3)cc2c1N(CCC1CCCO1)C(=O)OCC.COc1ccc(-c2nc(=O)n(CCC3CCCO3)c3c2oc2ncc(-c4cnn(C)c4)cc23)cn1.COc1ccc(Br)cn1. The minimum Gasteiger partial charge on any atom is -0.481 e. The number of carbonyl (C=O) groups excluding carboxylic acids is 4. The number of pyridine rings is 6. The Morgan fingerprint density at radius 1 is 0.496 bits per heavy atom. The van der Waals surface area contributed by atoms with Gasteiger partial charge >= 0.3 is 23.8 Å². The van der Waals surface area contributed by atoms with Gasteiger partial charge in [0.25, 0.3) is 0 Å². The van der Waals surface area contributed by atoms with E-state index in [0.717, 1.165) is 94.8 Å². The number of ketones is 1. The first-order valence-electron chi connectivity index (χ1n) is 37.7. The van der Waals surface area contributed by atoms with Gasteiger partial charge in [-0.2, -0.15) is 20.3 Å². The number of nitrogens with zero attached hydrogens (tertiary/aromatic N) is 16. The summed E-state index contributed by atoms with van der Waals surface area (Å²) in [6.07, 6.45) is 27.5. The monoisotopic (exact) mass is 1630 g/mol. The molecule has 3 aliphatic heterocycles. The number of halogens is 1. The molecular weight excluding hydrogens is 1550 g/mol. The van der Waals surface area contributed by atoms with Crippen molar-refractivity contribution in [3.63, 3.8) is 0 Å². The van der Waals surface area contributed by atoms with E-state index in [9.17, 15) is 24.0 Å². The predicted molar refractivity (Wildman–Crippen MR) is 426 cm³/mol. The number of hydrogen-bond donors (Lipinski definition) is 0. The zero-order valence-corrected chi connectivity index (χ0v) is 66.6. The summed E-state index contributed by atoms with van der Waals surface area (Å²) < 4.78 is 74.2. The van der Waals surface area contributed by atoms with E-state index in [1.54, 1.807) is 127 Å². The minimum atomic E-state index is -0.667. The lowest BCUT2D eigenvalue weighted by atomic mass is 10.1. The molecule has 0 N–H and O–H groups in total. The molecule has 3 saturated heterocycles. The summed E-state index contributed by atoms with van der Waals surface area (Å²) in [6.45, 7) is 8.93. The third-order valence-corrected chi connectivity index (χ3v) is 19.7. The second kappa shape index (κ2) is 37.6. The van der Waals surface area contributed by atoms with E-state index in [1.807, 2.05) is 70.1 Å². The van der Waals surface area contributed by atoms with E-state index in [4.69, 9.17) is 55.9 Å². The van der Waals surface area contributed by atoms with Gasteiger partial charge in [0, 0.05) is 184 Å². The third kappa shape index (κ3) is 19.0. The number of furan rings is 3. The molecule has 3 atom stereocenters. The first-order chi connectivity index (χ1) is 55.9. The molecule has 600 valence electrons. The van der Waals surface area contributed by atoms with Crippen molar-refractivity contribution >= 4 is 95.6 Å². The lowest BCUT2D eigenvalue weighted by molar-refractivity contribution is 0.0493. The Kier molecular flexibility index (Phi) is 26.4. The van der Waals surface area contributed by atoms with Gasteiger partial charge in [-0.15, -0.1) is 0 Å². The molecular formula is C81H87BrN16O17. The maximum Gasteiger partial charge on any atom is 0.414 e. The number of aromatic nitrogens is 14. The second-order valence-corrected chi connectivity index (χ2v) is 27.8. The highest BCUT2D eigenvalue weighted by Gasteiger charge is 2.35. The number of aryl methyl sites for hydroxylation is 4. The summed E-state index contributed by atoms with van der Waals surface area (Å²) in [5.41, 5.74) is 8.69.